The summed E-state index contributed by atoms with van der Waals surface area (Å²) in [5, 5.41) is 1.31. The first-order valence-electron chi connectivity index (χ1n) is 8.27. The first kappa shape index (κ1) is 18.0. The molecule has 134 valence electrons. The Bertz CT molecular complexity index is 804. The van der Waals surface area contributed by atoms with E-state index in [1.807, 2.05) is 18.2 Å². The number of fused-ring (bicyclic) bond motifs is 1. The van der Waals surface area contributed by atoms with Crippen LogP contribution in [0.5, 0.6) is 5.75 Å². The van der Waals surface area contributed by atoms with Crippen molar-refractivity contribution in [2.24, 2.45) is 5.92 Å². The average molecular weight is 382 g/mol. The Morgan fingerprint density at radius 1 is 1.40 bits per heavy atom. The zero-order chi connectivity index (χ0) is 18.0. The zero-order valence-corrected chi connectivity index (χ0v) is 15.8. The highest BCUT2D eigenvalue weighted by Gasteiger charge is 2.31. The van der Waals surface area contributed by atoms with Crippen LogP contribution in [0, 0.1) is 5.92 Å². The number of rotatable bonds is 4. The molecule has 1 fully saturated rings. The van der Waals surface area contributed by atoms with Crippen molar-refractivity contribution in [2.75, 3.05) is 26.8 Å². The summed E-state index contributed by atoms with van der Waals surface area (Å²) in [7, 11) is 1.60. The molecule has 1 atom stereocenters. The molecule has 2 aromatic rings. The van der Waals surface area contributed by atoms with Gasteiger partial charge in [-0.05, 0) is 38.0 Å². The molecule has 0 aliphatic carbocycles. The minimum absolute atomic E-state index is 0.126. The van der Waals surface area contributed by atoms with Crippen LogP contribution in [0.15, 0.2) is 18.2 Å². The lowest BCUT2D eigenvalue weighted by atomic mass is 9.98. The predicted molar refractivity (Wildman–Crippen MR) is 98.6 cm³/mol. The van der Waals surface area contributed by atoms with Gasteiger partial charge >= 0.3 is 5.97 Å². The Balaban J connectivity index is 1.83. The topological polar surface area (TPSA) is 55.8 Å². The summed E-state index contributed by atoms with van der Waals surface area (Å²) in [6.07, 6.45) is 1.53. The van der Waals surface area contributed by atoms with Gasteiger partial charge in [0.15, 0.2) is 0 Å². The molecular weight excluding hydrogens is 362 g/mol. The molecule has 25 heavy (non-hydrogen) atoms. The van der Waals surface area contributed by atoms with Crippen LogP contribution < -0.4 is 4.74 Å². The number of halogens is 1. The number of benzene rings is 1. The zero-order valence-electron chi connectivity index (χ0n) is 14.2. The van der Waals surface area contributed by atoms with Crippen molar-refractivity contribution < 1.29 is 19.1 Å². The number of carbonyl (C=O) groups excluding carboxylic acids is 2. The van der Waals surface area contributed by atoms with E-state index in [-0.39, 0.29) is 17.8 Å². The van der Waals surface area contributed by atoms with E-state index in [0.717, 1.165) is 28.7 Å². The van der Waals surface area contributed by atoms with E-state index < -0.39 is 0 Å². The fraction of sp³-hybridized carbons (Fsp3) is 0.444. The van der Waals surface area contributed by atoms with Crippen LogP contribution in [0.3, 0.4) is 0 Å². The van der Waals surface area contributed by atoms with E-state index in [1.165, 1.54) is 11.3 Å². The highest BCUT2D eigenvalue weighted by atomic mass is 35.5. The summed E-state index contributed by atoms with van der Waals surface area (Å²) in [4.78, 5) is 27.1. The van der Waals surface area contributed by atoms with Gasteiger partial charge in [0.05, 0.1) is 24.7 Å². The third-order valence-electron chi connectivity index (χ3n) is 4.36. The van der Waals surface area contributed by atoms with Gasteiger partial charge in [-0.3, -0.25) is 9.59 Å². The molecule has 0 spiro atoms. The molecule has 0 N–H and O–H groups in total. The average Bonchev–Trinajstić information content (AvgIpc) is 2.97. The largest absolute Gasteiger partial charge is 0.497 e. The molecule has 1 aliphatic rings. The second-order valence-electron chi connectivity index (χ2n) is 5.95. The van der Waals surface area contributed by atoms with E-state index in [9.17, 15) is 9.59 Å². The number of piperidine rings is 1. The number of carbonyl (C=O) groups is 2. The van der Waals surface area contributed by atoms with Crippen LogP contribution in [-0.4, -0.2) is 43.6 Å². The number of thiophene rings is 1. The van der Waals surface area contributed by atoms with E-state index in [2.05, 4.69) is 0 Å². The number of ether oxygens (including phenoxy) is 2. The third-order valence-corrected chi connectivity index (χ3v) is 6.00. The maximum Gasteiger partial charge on any atom is 0.310 e. The Kier molecular flexibility index (Phi) is 5.49. The minimum atomic E-state index is -0.258. The summed E-state index contributed by atoms with van der Waals surface area (Å²) >= 11 is 7.80. The smallest absolute Gasteiger partial charge is 0.310 e. The van der Waals surface area contributed by atoms with Gasteiger partial charge in [-0.2, -0.15) is 0 Å². The summed E-state index contributed by atoms with van der Waals surface area (Å²) in [6.45, 7) is 3.15. The molecule has 0 bridgehead atoms. The third kappa shape index (κ3) is 3.60. The molecule has 0 saturated carbocycles. The molecule has 1 aliphatic heterocycles. The van der Waals surface area contributed by atoms with Crippen LogP contribution in [0.2, 0.25) is 5.02 Å². The van der Waals surface area contributed by atoms with Gasteiger partial charge in [-0.1, -0.05) is 11.6 Å². The van der Waals surface area contributed by atoms with Crippen LogP contribution in [0.1, 0.15) is 29.4 Å². The SMILES string of the molecule is CCOC(=O)[C@@H]1CCCN(C(=O)c2sc3cc(OC)ccc3c2Cl)C1. The number of amides is 1. The lowest BCUT2D eigenvalue weighted by Crippen LogP contribution is -2.42. The van der Waals surface area contributed by atoms with Crippen molar-refractivity contribution in [2.45, 2.75) is 19.8 Å². The molecule has 0 unspecified atom stereocenters. The number of hydrogen-bond donors (Lipinski definition) is 0. The number of methoxy groups -OCH3 is 1. The van der Waals surface area contributed by atoms with Crippen LogP contribution in [-0.2, 0) is 9.53 Å². The van der Waals surface area contributed by atoms with Crippen LogP contribution >= 0.6 is 22.9 Å². The van der Waals surface area contributed by atoms with E-state index in [1.54, 1.807) is 18.9 Å². The van der Waals surface area contributed by atoms with Gasteiger partial charge in [0.2, 0.25) is 0 Å². The number of nitrogens with zero attached hydrogens (tertiary/aromatic N) is 1. The monoisotopic (exact) mass is 381 g/mol. The standard InChI is InChI=1S/C18H20ClNO4S/c1-3-24-18(22)11-5-4-8-20(10-11)17(21)16-15(19)13-7-6-12(23-2)9-14(13)25-16/h6-7,9,11H,3-5,8,10H2,1-2H3/t11-/m1/s1. The van der Waals surface area contributed by atoms with Gasteiger partial charge in [0.25, 0.3) is 5.91 Å². The first-order chi connectivity index (χ1) is 12.0. The highest BCUT2D eigenvalue weighted by molar-refractivity contribution is 7.21. The van der Waals surface area contributed by atoms with Crippen molar-refractivity contribution in [1.29, 1.82) is 0 Å². The number of esters is 1. The van der Waals surface area contributed by atoms with Gasteiger partial charge in [0, 0.05) is 23.2 Å². The molecule has 2 heterocycles. The van der Waals surface area contributed by atoms with Gasteiger partial charge in [-0.15, -0.1) is 11.3 Å². The second kappa shape index (κ2) is 7.62. The fourth-order valence-electron chi connectivity index (χ4n) is 3.07. The highest BCUT2D eigenvalue weighted by Crippen LogP contribution is 2.38. The predicted octanol–water partition coefficient (Wildman–Crippen LogP) is 3.98. The lowest BCUT2D eigenvalue weighted by Gasteiger charge is -2.31. The number of likely N-dealkylation sites (tertiary alicyclic amines) is 1. The first-order valence-corrected chi connectivity index (χ1v) is 9.46. The molecule has 5 nitrogen and oxygen atoms in total. The van der Waals surface area contributed by atoms with Gasteiger partial charge in [0.1, 0.15) is 10.6 Å². The summed E-state index contributed by atoms with van der Waals surface area (Å²) in [5.74, 6) is 0.113. The van der Waals surface area contributed by atoms with E-state index in [4.69, 9.17) is 21.1 Å². The molecule has 3 rings (SSSR count). The molecule has 1 aromatic carbocycles. The molecule has 7 heteroatoms. The second-order valence-corrected chi connectivity index (χ2v) is 7.38. The number of hydrogen-bond acceptors (Lipinski definition) is 5. The summed E-state index contributed by atoms with van der Waals surface area (Å²) in [6, 6.07) is 5.56. The van der Waals surface area contributed by atoms with Gasteiger partial charge in [-0.25, -0.2) is 0 Å². The van der Waals surface area contributed by atoms with Crippen LogP contribution in [0.25, 0.3) is 10.1 Å². The van der Waals surface area contributed by atoms with Crippen molar-refractivity contribution >= 4 is 44.9 Å². The summed E-state index contributed by atoms with van der Waals surface area (Å²) in [5.41, 5.74) is 0. The summed E-state index contributed by atoms with van der Waals surface area (Å²) < 4.78 is 11.2. The Morgan fingerprint density at radius 2 is 2.20 bits per heavy atom. The van der Waals surface area contributed by atoms with Crippen LogP contribution in [0.4, 0.5) is 0 Å². The molecule has 0 radical (unpaired) electrons. The molecule has 1 amide bonds. The fourth-order valence-corrected chi connectivity index (χ4v) is 4.58. The van der Waals surface area contributed by atoms with Crippen molar-refractivity contribution in [1.82, 2.24) is 4.90 Å². The maximum atomic E-state index is 12.9. The molecule has 1 saturated heterocycles. The van der Waals surface area contributed by atoms with Crippen molar-refractivity contribution in [3.8, 4) is 5.75 Å². The Hall–Kier alpha value is -1.79. The van der Waals surface area contributed by atoms with Gasteiger partial charge < -0.3 is 14.4 Å². The minimum Gasteiger partial charge on any atom is -0.497 e. The van der Waals surface area contributed by atoms with E-state index in [0.29, 0.717) is 29.6 Å². The molecular formula is C18H20ClNO4S. The lowest BCUT2D eigenvalue weighted by molar-refractivity contribution is -0.149. The van der Waals surface area contributed by atoms with Crippen molar-refractivity contribution in [3.05, 3.63) is 28.1 Å². The quantitative estimate of drug-likeness (QED) is 0.752. The Morgan fingerprint density at radius 3 is 2.92 bits per heavy atom. The molecule has 1 aromatic heterocycles. The normalized spacial score (nSPS) is 17.6. The maximum absolute atomic E-state index is 12.9. The van der Waals surface area contributed by atoms with E-state index >= 15 is 0 Å². The Labute approximate surface area is 155 Å². The van der Waals surface area contributed by atoms with Crippen molar-refractivity contribution in [3.63, 3.8) is 0 Å².